The average molecular weight is 885 g/mol. The number of unbranched alkanes of at least 4 members (excludes halogenated alkanes) is 26. The lowest BCUT2D eigenvalue weighted by Crippen LogP contribution is -2.39. The summed E-state index contributed by atoms with van der Waals surface area (Å²) in [6, 6.07) is 11.2. The van der Waals surface area contributed by atoms with Crippen LogP contribution in [-0.4, -0.2) is 79.5 Å². The molecular weight excluding hydrogens is 789 g/mol. The van der Waals surface area contributed by atoms with Crippen LogP contribution in [-0.2, 0) is 10.8 Å². The van der Waals surface area contributed by atoms with Gasteiger partial charge in [-0.3, -0.25) is 0 Å². The maximum Gasteiger partial charge on any atom is 0.0863 e. The number of hydrogen-bond donors (Lipinski definition) is 0. The van der Waals surface area contributed by atoms with Crippen molar-refractivity contribution in [2.24, 2.45) is 0 Å². The summed E-state index contributed by atoms with van der Waals surface area (Å²) in [5.74, 6) is -2.94. The zero-order chi connectivity index (χ0) is 46.3. The predicted octanol–water partition coefficient (Wildman–Crippen LogP) is 12.7. The number of carboxylic acids is 2. The lowest BCUT2D eigenvalue weighted by molar-refractivity contribution is -0.888. The van der Waals surface area contributed by atoms with E-state index in [0.29, 0.717) is 0 Å². The van der Waals surface area contributed by atoms with E-state index in [0.717, 1.165) is 0 Å². The van der Waals surface area contributed by atoms with Crippen molar-refractivity contribution in [3.63, 3.8) is 0 Å². The highest BCUT2D eigenvalue weighted by molar-refractivity contribution is 7.85. The van der Waals surface area contributed by atoms with Crippen LogP contribution in [0.5, 0.6) is 0 Å². The first-order chi connectivity index (χ1) is 29.8. The summed E-state index contributed by atoms with van der Waals surface area (Å²) in [6.07, 6.45) is 40.8. The standard InChI is InChI=1S/2C20H44N.C14H10O5S/c2*1-5-7-8-9-10-11-12-13-14-15-16-17-18-19-20-21(3,4)6-2;15-13(16)9-5-1-3-7-11(9)20(19)12-8-4-2-6-10(12)14(17)18/h2*5-20H2,1-4H3;1-8H,(H,15,16)(H,17,18)/q2*+1;/p-2. The monoisotopic (exact) mass is 885 g/mol. The van der Waals surface area contributed by atoms with Gasteiger partial charge < -0.3 is 28.8 Å². The van der Waals surface area contributed by atoms with Crippen molar-refractivity contribution < 1.29 is 33.0 Å². The quantitative estimate of drug-likeness (QED) is 0.0501. The highest BCUT2D eigenvalue weighted by Crippen LogP contribution is 2.23. The molecule has 8 heteroatoms. The molecule has 0 spiro atoms. The molecule has 0 fully saturated rings. The van der Waals surface area contributed by atoms with Crippen LogP contribution in [0, 0.1) is 0 Å². The van der Waals surface area contributed by atoms with Crippen molar-refractivity contribution >= 4 is 22.7 Å². The SMILES string of the molecule is CCCCCCCCCCCCCCCC[N+](C)(C)CC.CCCCCCCCCCCCCCCC[N+](C)(C)CC.O=C([O-])c1ccccc1S(=O)c1ccccc1C(=O)[O-]. The number of hydrogen-bond acceptors (Lipinski definition) is 5. The van der Waals surface area contributed by atoms with E-state index in [1.165, 1.54) is 263 Å². The minimum absolute atomic E-state index is 0.0128. The fourth-order valence-electron chi connectivity index (χ4n) is 7.50. The molecule has 0 radical (unpaired) electrons. The van der Waals surface area contributed by atoms with E-state index in [2.05, 4.69) is 55.9 Å². The first kappa shape index (κ1) is 59.5. The lowest BCUT2D eigenvalue weighted by Gasteiger charge is -2.28. The van der Waals surface area contributed by atoms with Gasteiger partial charge in [-0.25, -0.2) is 4.21 Å². The smallest absolute Gasteiger partial charge is 0.0863 e. The van der Waals surface area contributed by atoms with Gasteiger partial charge in [-0.2, -0.15) is 0 Å². The largest absolute Gasteiger partial charge is 0.545 e. The van der Waals surface area contributed by atoms with Gasteiger partial charge in [0.25, 0.3) is 0 Å². The summed E-state index contributed by atoms with van der Waals surface area (Å²) in [4.78, 5) is 22.0. The van der Waals surface area contributed by atoms with Crippen LogP contribution in [0.4, 0.5) is 0 Å². The number of nitrogens with zero attached hydrogens (tertiary/aromatic N) is 2. The van der Waals surface area contributed by atoms with Crippen LogP contribution in [0.25, 0.3) is 0 Å². The Morgan fingerprint density at radius 1 is 0.403 bits per heavy atom. The molecule has 0 aliphatic rings. The van der Waals surface area contributed by atoms with Crippen LogP contribution in [0.1, 0.15) is 228 Å². The molecule has 7 nitrogen and oxygen atoms in total. The number of aromatic carboxylic acids is 2. The topological polar surface area (TPSA) is 97.3 Å². The van der Waals surface area contributed by atoms with Gasteiger partial charge in [-0.05, 0) is 51.7 Å². The van der Waals surface area contributed by atoms with Gasteiger partial charge in [-0.15, -0.1) is 0 Å². The molecule has 0 saturated carbocycles. The van der Waals surface area contributed by atoms with E-state index in [4.69, 9.17) is 0 Å². The second kappa shape index (κ2) is 38.9. The highest BCUT2D eigenvalue weighted by atomic mass is 32.2. The van der Waals surface area contributed by atoms with Crippen LogP contribution >= 0.6 is 0 Å². The lowest BCUT2D eigenvalue weighted by atomic mass is 10.0. The van der Waals surface area contributed by atoms with Gasteiger partial charge in [0.1, 0.15) is 0 Å². The molecule has 0 amide bonds. The van der Waals surface area contributed by atoms with E-state index >= 15 is 0 Å². The van der Waals surface area contributed by atoms with Crippen LogP contribution in [0.2, 0.25) is 0 Å². The van der Waals surface area contributed by atoms with Crippen LogP contribution in [0.3, 0.4) is 0 Å². The van der Waals surface area contributed by atoms with Crippen molar-refractivity contribution in [1.29, 1.82) is 0 Å². The maximum absolute atomic E-state index is 12.4. The molecule has 0 aliphatic heterocycles. The molecule has 2 aromatic carbocycles. The van der Waals surface area contributed by atoms with Crippen molar-refractivity contribution in [1.82, 2.24) is 0 Å². The summed E-state index contributed by atoms with van der Waals surface area (Å²) < 4.78 is 14.8. The zero-order valence-electron chi connectivity index (χ0n) is 41.6. The molecule has 0 saturated heterocycles. The maximum atomic E-state index is 12.4. The van der Waals surface area contributed by atoms with Crippen molar-refractivity contribution in [3.05, 3.63) is 59.7 Å². The van der Waals surface area contributed by atoms with E-state index in [9.17, 15) is 24.0 Å². The van der Waals surface area contributed by atoms with Crippen molar-refractivity contribution in [2.45, 2.75) is 217 Å². The van der Waals surface area contributed by atoms with Gasteiger partial charge in [0, 0.05) is 11.1 Å². The molecule has 0 bridgehead atoms. The summed E-state index contributed by atoms with van der Waals surface area (Å²) in [5, 5.41) is 22.0. The molecule has 358 valence electrons. The summed E-state index contributed by atoms with van der Waals surface area (Å²) >= 11 is 0. The highest BCUT2D eigenvalue weighted by Gasteiger charge is 2.16. The number of carbonyl (C=O) groups excluding carboxylic acids is 2. The third kappa shape index (κ3) is 32.2. The van der Waals surface area contributed by atoms with Gasteiger partial charge in [0.05, 0.1) is 86.9 Å². The van der Waals surface area contributed by atoms with E-state index in [-0.39, 0.29) is 20.9 Å². The molecule has 2 rings (SSSR count). The molecule has 62 heavy (non-hydrogen) atoms. The van der Waals surface area contributed by atoms with Gasteiger partial charge >= 0.3 is 0 Å². The Balaban J connectivity index is 0.000000900. The Morgan fingerprint density at radius 2 is 0.629 bits per heavy atom. The second-order valence-electron chi connectivity index (χ2n) is 19.0. The number of rotatable bonds is 36. The minimum Gasteiger partial charge on any atom is -0.545 e. The van der Waals surface area contributed by atoms with Crippen LogP contribution in [0.15, 0.2) is 58.3 Å². The number of quaternary nitrogens is 2. The molecular formula is C54H96N2O5S. The van der Waals surface area contributed by atoms with Crippen LogP contribution < -0.4 is 10.2 Å². The third-order valence-electron chi connectivity index (χ3n) is 12.6. The van der Waals surface area contributed by atoms with E-state index in [1.807, 2.05) is 0 Å². The number of carboxylic acid groups (broad SMARTS) is 2. The van der Waals surface area contributed by atoms with Crippen molar-refractivity contribution in [3.8, 4) is 0 Å². The van der Waals surface area contributed by atoms with E-state index < -0.39 is 22.7 Å². The summed E-state index contributed by atoms with van der Waals surface area (Å²) in [6.45, 7) is 14.4. The second-order valence-corrected chi connectivity index (χ2v) is 20.4. The summed E-state index contributed by atoms with van der Waals surface area (Å²) in [7, 11) is 7.45. The molecule has 2 aromatic rings. The molecule has 0 heterocycles. The Hall–Kier alpha value is -2.55. The minimum atomic E-state index is -1.95. The Kier molecular flexibility index (Phi) is 37.3. The fraction of sp³-hybridized carbons (Fsp3) is 0.741. The van der Waals surface area contributed by atoms with E-state index in [1.54, 1.807) is 0 Å². The normalized spacial score (nSPS) is 11.5. The fourth-order valence-corrected chi connectivity index (χ4v) is 8.84. The molecule has 0 unspecified atom stereocenters. The zero-order valence-corrected chi connectivity index (χ0v) is 42.4. The Bertz CT molecular complexity index is 1310. The molecule has 0 aromatic heterocycles. The molecule has 0 aliphatic carbocycles. The van der Waals surface area contributed by atoms with Crippen molar-refractivity contribution in [2.75, 3.05) is 54.4 Å². The van der Waals surface area contributed by atoms with Gasteiger partial charge in [0.15, 0.2) is 0 Å². The molecule has 0 N–H and O–H groups in total. The number of benzene rings is 2. The summed E-state index contributed by atoms with van der Waals surface area (Å²) in [5.41, 5.74) is -0.474. The first-order valence-electron chi connectivity index (χ1n) is 25.4. The Labute approximate surface area is 385 Å². The predicted molar refractivity (Wildman–Crippen MR) is 262 cm³/mol. The third-order valence-corrected chi connectivity index (χ3v) is 14.1. The molecule has 0 atom stereocenters. The first-order valence-corrected chi connectivity index (χ1v) is 26.6. The average Bonchev–Trinajstić information content (AvgIpc) is 3.26. The van der Waals surface area contributed by atoms with Gasteiger partial charge in [0.2, 0.25) is 0 Å². The van der Waals surface area contributed by atoms with Gasteiger partial charge in [-0.1, -0.05) is 204 Å². The Morgan fingerprint density at radius 3 is 0.855 bits per heavy atom. The number of carbonyl (C=O) groups is 2.